The zero-order chi connectivity index (χ0) is 18.8. The van der Waals surface area contributed by atoms with Crippen molar-refractivity contribution in [3.63, 3.8) is 0 Å². The van der Waals surface area contributed by atoms with Crippen molar-refractivity contribution in [2.24, 2.45) is 5.92 Å². The minimum atomic E-state index is -1.03. The molecule has 0 bridgehead atoms. The van der Waals surface area contributed by atoms with Crippen LogP contribution < -0.4 is 4.90 Å². The van der Waals surface area contributed by atoms with Crippen LogP contribution in [0.15, 0.2) is 18.2 Å². The summed E-state index contributed by atoms with van der Waals surface area (Å²) in [6, 6.07) is 2.81. The highest BCUT2D eigenvalue weighted by Gasteiger charge is 2.41. The van der Waals surface area contributed by atoms with E-state index < -0.39 is 41.4 Å². The maximum Gasteiger partial charge on any atom is 0.306 e. The van der Waals surface area contributed by atoms with Gasteiger partial charge in [0.15, 0.2) is 0 Å². The fourth-order valence-corrected chi connectivity index (χ4v) is 3.32. The number of aliphatic carboxylic acids is 1. The lowest BCUT2D eigenvalue weighted by Crippen LogP contribution is -2.49. The molecular weight excluding hydrogens is 350 g/mol. The van der Waals surface area contributed by atoms with Crippen molar-refractivity contribution in [3.05, 3.63) is 29.8 Å². The van der Waals surface area contributed by atoms with Gasteiger partial charge in [-0.05, 0) is 18.6 Å². The molecule has 1 aromatic carbocycles. The minimum Gasteiger partial charge on any atom is -0.481 e. The molecule has 2 amide bonds. The molecule has 0 saturated carbocycles. The summed E-state index contributed by atoms with van der Waals surface area (Å²) < 4.78 is 32.1. The molecule has 2 aliphatic heterocycles. The third-order valence-electron chi connectivity index (χ3n) is 4.52. The number of ether oxygens (including phenoxy) is 1. The number of carbonyl (C=O) groups excluding carboxylic acids is 2. The van der Waals surface area contributed by atoms with Gasteiger partial charge in [0, 0.05) is 31.4 Å². The van der Waals surface area contributed by atoms with Crippen molar-refractivity contribution in [2.45, 2.75) is 18.9 Å². The molecule has 2 fully saturated rings. The van der Waals surface area contributed by atoms with E-state index in [1.165, 1.54) is 9.80 Å². The molecule has 0 aromatic heterocycles. The molecule has 0 spiro atoms. The van der Waals surface area contributed by atoms with Crippen LogP contribution in [0.2, 0.25) is 0 Å². The van der Waals surface area contributed by atoms with Gasteiger partial charge >= 0.3 is 5.97 Å². The first-order valence-electron chi connectivity index (χ1n) is 8.25. The molecule has 2 aliphatic rings. The van der Waals surface area contributed by atoms with Crippen LogP contribution in [0.4, 0.5) is 14.5 Å². The average Bonchev–Trinajstić information content (AvgIpc) is 2.94. The number of halogens is 2. The maximum absolute atomic E-state index is 13.4. The van der Waals surface area contributed by atoms with Crippen LogP contribution in [0, 0.1) is 17.6 Å². The lowest BCUT2D eigenvalue weighted by molar-refractivity contribution is -0.151. The summed E-state index contributed by atoms with van der Waals surface area (Å²) >= 11 is 0. The van der Waals surface area contributed by atoms with Gasteiger partial charge in [0.2, 0.25) is 11.8 Å². The highest BCUT2D eigenvalue weighted by Crippen LogP contribution is 2.28. The Morgan fingerprint density at radius 3 is 2.54 bits per heavy atom. The molecule has 2 atom stereocenters. The van der Waals surface area contributed by atoms with E-state index in [9.17, 15) is 23.2 Å². The molecule has 9 heteroatoms. The second-order valence-corrected chi connectivity index (χ2v) is 6.33. The van der Waals surface area contributed by atoms with Gasteiger partial charge in [0.05, 0.1) is 19.1 Å². The van der Waals surface area contributed by atoms with Crippen molar-refractivity contribution in [3.8, 4) is 0 Å². The Kier molecular flexibility index (Phi) is 5.17. The van der Waals surface area contributed by atoms with Gasteiger partial charge in [-0.25, -0.2) is 8.78 Å². The number of carboxylic acids is 1. The number of anilines is 1. The molecule has 3 rings (SSSR count). The van der Waals surface area contributed by atoms with Gasteiger partial charge in [-0.15, -0.1) is 0 Å². The Morgan fingerprint density at radius 1 is 1.19 bits per heavy atom. The second-order valence-electron chi connectivity index (χ2n) is 6.33. The largest absolute Gasteiger partial charge is 0.481 e. The zero-order valence-corrected chi connectivity index (χ0v) is 13.9. The molecule has 0 aliphatic carbocycles. The molecule has 1 aromatic rings. The van der Waals surface area contributed by atoms with E-state index in [0.717, 1.165) is 12.1 Å². The Hall–Kier alpha value is -2.55. The summed E-state index contributed by atoms with van der Waals surface area (Å²) in [7, 11) is 0. The lowest BCUT2D eigenvalue weighted by atomic mass is 10.1. The summed E-state index contributed by atoms with van der Waals surface area (Å²) in [5, 5.41) is 8.84. The van der Waals surface area contributed by atoms with E-state index >= 15 is 0 Å². The number of nitrogens with zero attached hydrogens (tertiary/aromatic N) is 2. The van der Waals surface area contributed by atoms with E-state index in [0.29, 0.717) is 6.07 Å². The molecule has 1 N–H and O–H groups in total. The first-order chi connectivity index (χ1) is 12.3. The molecule has 2 heterocycles. The predicted molar refractivity (Wildman–Crippen MR) is 85.4 cm³/mol. The van der Waals surface area contributed by atoms with Gasteiger partial charge in [-0.2, -0.15) is 0 Å². The zero-order valence-electron chi connectivity index (χ0n) is 13.9. The average molecular weight is 368 g/mol. The molecule has 2 saturated heterocycles. The Bertz CT molecular complexity index is 722. The number of hydrogen-bond donors (Lipinski definition) is 1. The van der Waals surface area contributed by atoms with E-state index in [-0.39, 0.29) is 44.8 Å². The molecular formula is C17H18F2N2O5. The van der Waals surface area contributed by atoms with Crippen molar-refractivity contribution in [1.82, 2.24) is 4.90 Å². The summed E-state index contributed by atoms with van der Waals surface area (Å²) in [5.41, 5.74) is 0.0773. The van der Waals surface area contributed by atoms with E-state index in [4.69, 9.17) is 9.84 Å². The van der Waals surface area contributed by atoms with E-state index in [1.807, 2.05) is 0 Å². The predicted octanol–water partition coefficient (Wildman–Crippen LogP) is 1.02. The number of carboxylic acid groups (broad SMARTS) is 1. The van der Waals surface area contributed by atoms with Crippen molar-refractivity contribution in [1.29, 1.82) is 0 Å². The fourth-order valence-electron chi connectivity index (χ4n) is 3.32. The third-order valence-corrected chi connectivity index (χ3v) is 4.52. The van der Waals surface area contributed by atoms with Gasteiger partial charge in [-0.1, -0.05) is 0 Å². The highest BCUT2D eigenvalue weighted by molar-refractivity contribution is 6.09. The Morgan fingerprint density at radius 2 is 1.88 bits per heavy atom. The van der Waals surface area contributed by atoms with Gasteiger partial charge in [0.25, 0.3) is 0 Å². The maximum atomic E-state index is 13.4. The highest BCUT2D eigenvalue weighted by atomic mass is 19.1. The quantitative estimate of drug-likeness (QED) is 0.802. The number of morpholine rings is 1. The van der Waals surface area contributed by atoms with Crippen LogP contribution in [-0.2, 0) is 19.1 Å². The van der Waals surface area contributed by atoms with Crippen molar-refractivity contribution in [2.75, 3.05) is 31.1 Å². The van der Waals surface area contributed by atoms with Crippen LogP contribution in [0.1, 0.15) is 12.8 Å². The van der Waals surface area contributed by atoms with Crippen LogP contribution in [0.3, 0.4) is 0 Å². The standard InChI is InChI=1S/C17H18F2N2O5/c18-10-5-11(19)7-12(6-10)21-2-1-14(17(21)25)16(24)20-3-4-26-13(9-20)8-15(22)23/h5-7,13-14H,1-4,8-9H2,(H,22,23). The van der Waals surface area contributed by atoms with Crippen LogP contribution >= 0.6 is 0 Å². The van der Waals surface area contributed by atoms with Crippen LogP contribution in [0.25, 0.3) is 0 Å². The van der Waals surface area contributed by atoms with Gasteiger partial charge in [-0.3, -0.25) is 14.4 Å². The fraction of sp³-hybridized carbons (Fsp3) is 0.471. The monoisotopic (exact) mass is 368 g/mol. The molecule has 7 nitrogen and oxygen atoms in total. The van der Waals surface area contributed by atoms with Crippen LogP contribution in [-0.4, -0.2) is 60.1 Å². The van der Waals surface area contributed by atoms with Gasteiger partial charge < -0.3 is 19.6 Å². The number of carbonyl (C=O) groups is 3. The first-order valence-corrected chi connectivity index (χ1v) is 8.25. The second kappa shape index (κ2) is 7.36. The van der Waals surface area contributed by atoms with E-state index in [2.05, 4.69) is 0 Å². The molecule has 2 unspecified atom stereocenters. The Labute approximate surface area is 148 Å². The topological polar surface area (TPSA) is 87.2 Å². The summed E-state index contributed by atoms with van der Waals surface area (Å²) in [6.07, 6.45) is -0.608. The Balaban J connectivity index is 1.69. The van der Waals surface area contributed by atoms with Crippen molar-refractivity contribution >= 4 is 23.5 Å². The van der Waals surface area contributed by atoms with Crippen molar-refractivity contribution < 1.29 is 33.0 Å². The van der Waals surface area contributed by atoms with Crippen LogP contribution in [0.5, 0.6) is 0 Å². The number of rotatable bonds is 4. The molecule has 26 heavy (non-hydrogen) atoms. The molecule has 0 radical (unpaired) electrons. The summed E-state index contributed by atoms with van der Waals surface area (Å²) in [4.78, 5) is 38.7. The van der Waals surface area contributed by atoms with Gasteiger partial charge in [0.1, 0.15) is 17.6 Å². The third kappa shape index (κ3) is 3.82. The van der Waals surface area contributed by atoms with E-state index in [1.54, 1.807) is 0 Å². The number of hydrogen-bond acceptors (Lipinski definition) is 4. The first kappa shape index (κ1) is 18.2. The number of amides is 2. The molecule has 140 valence electrons. The lowest BCUT2D eigenvalue weighted by Gasteiger charge is -2.33. The summed E-state index contributed by atoms with van der Waals surface area (Å²) in [6.45, 7) is 0.751. The number of benzene rings is 1. The summed E-state index contributed by atoms with van der Waals surface area (Å²) in [5.74, 6) is -4.49. The normalized spacial score (nSPS) is 23.4. The smallest absolute Gasteiger partial charge is 0.306 e. The SMILES string of the molecule is O=C(O)CC1CN(C(=O)C2CCN(c3cc(F)cc(F)c3)C2=O)CCO1. The minimum absolute atomic E-state index is 0.0773.